The fourth-order valence-electron chi connectivity index (χ4n) is 5.40. The van der Waals surface area contributed by atoms with Crippen molar-refractivity contribution < 1.29 is 0 Å². The van der Waals surface area contributed by atoms with Gasteiger partial charge in [-0.1, -0.05) is 44.0 Å². The highest BCUT2D eigenvalue weighted by Gasteiger charge is 2.49. The van der Waals surface area contributed by atoms with E-state index < -0.39 is 0 Å². The Bertz CT molecular complexity index is 561. The van der Waals surface area contributed by atoms with E-state index in [-0.39, 0.29) is 0 Å². The van der Waals surface area contributed by atoms with Gasteiger partial charge in [-0.05, 0) is 68.7 Å². The van der Waals surface area contributed by atoms with E-state index in [0.29, 0.717) is 11.5 Å². The molecular formula is C22H33N. The first-order chi connectivity index (χ1) is 11.1. The second kappa shape index (κ2) is 6.81. The number of rotatable bonds is 4. The largest absolute Gasteiger partial charge is 0.297 e. The molecule has 1 aliphatic carbocycles. The standard InChI is InChI=1S/C22H33N/c1-5-14-23-15-13-22(12-8-7-9-20(22)18(23)4)21-16-19(6-2)11-10-17(21)3/h5,10-11,16,18,20H,1,6-9,12-15H2,2-4H3. The highest BCUT2D eigenvalue weighted by molar-refractivity contribution is 5.39. The minimum atomic E-state index is 0.421. The topological polar surface area (TPSA) is 3.24 Å². The Kier molecular flexibility index (Phi) is 4.96. The van der Waals surface area contributed by atoms with Gasteiger partial charge in [0.1, 0.15) is 0 Å². The fraction of sp³-hybridized carbons (Fsp3) is 0.636. The van der Waals surface area contributed by atoms with E-state index in [0.717, 1.165) is 18.9 Å². The van der Waals surface area contributed by atoms with Crippen LogP contribution in [-0.2, 0) is 11.8 Å². The van der Waals surface area contributed by atoms with E-state index in [1.54, 1.807) is 5.56 Å². The predicted octanol–water partition coefficient (Wildman–Crippen LogP) is 5.27. The lowest BCUT2D eigenvalue weighted by atomic mass is 9.56. The van der Waals surface area contributed by atoms with E-state index in [4.69, 9.17) is 0 Å². The Morgan fingerprint density at radius 3 is 2.87 bits per heavy atom. The summed E-state index contributed by atoms with van der Waals surface area (Å²) in [4.78, 5) is 2.65. The molecule has 126 valence electrons. The lowest BCUT2D eigenvalue weighted by Gasteiger charge is -2.55. The average Bonchev–Trinajstić information content (AvgIpc) is 2.58. The third kappa shape index (κ3) is 2.89. The molecule has 1 aromatic carbocycles. The highest BCUT2D eigenvalue weighted by Crippen LogP contribution is 2.52. The number of hydrogen-bond donors (Lipinski definition) is 0. The SMILES string of the molecule is C=CCN1CCC2(c3cc(CC)ccc3C)CCCCC2C1C. The van der Waals surface area contributed by atoms with Gasteiger partial charge in [0.25, 0.3) is 0 Å². The molecule has 0 amide bonds. The Morgan fingerprint density at radius 1 is 1.30 bits per heavy atom. The van der Waals surface area contributed by atoms with Crippen LogP contribution in [0.4, 0.5) is 0 Å². The second-order valence-corrected chi connectivity index (χ2v) is 7.79. The van der Waals surface area contributed by atoms with Crippen LogP contribution in [0.1, 0.15) is 62.6 Å². The first kappa shape index (κ1) is 16.8. The maximum Gasteiger partial charge on any atom is 0.0163 e. The van der Waals surface area contributed by atoms with Crippen molar-refractivity contribution in [3.8, 4) is 0 Å². The van der Waals surface area contributed by atoms with Crippen molar-refractivity contribution in [3.05, 3.63) is 47.5 Å². The van der Waals surface area contributed by atoms with Crippen molar-refractivity contribution >= 4 is 0 Å². The Hall–Kier alpha value is -1.08. The summed E-state index contributed by atoms with van der Waals surface area (Å²) in [5.74, 6) is 0.802. The zero-order valence-electron chi connectivity index (χ0n) is 15.3. The van der Waals surface area contributed by atoms with Crippen LogP contribution in [0, 0.1) is 12.8 Å². The molecule has 1 aliphatic heterocycles. The summed E-state index contributed by atoms with van der Waals surface area (Å²) in [5.41, 5.74) is 5.11. The molecule has 1 nitrogen and oxygen atoms in total. The number of benzene rings is 1. The van der Waals surface area contributed by atoms with Gasteiger partial charge in [0.05, 0.1) is 0 Å². The van der Waals surface area contributed by atoms with Crippen LogP contribution in [0.15, 0.2) is 30.9 Å². The molecule has 1 heterocycles. The summed E-state index contributed by atoms with van der Waals surface area (Å²) >= 11 is 0. The third-order valence-corrected chi connectivity index (χ3v) is 6.71. The quantitative estimate of drug-likeness (QED) is 0.685. The van der Waals surface area contributed by atoms with Crippen LogP contribution in [0.25, 0.3) is 0 Å². The van der Waals surface area contributed by atoms with Gasteiger partial charge in [-0.3, -0.25) is 4.90 Å². The van der Waals surface area contributed by atoms with Gasteiger partial charge < -0.3 is 0 Å². The number of fused-ring (bicyclic) bond motifs is 1. The maximum absolute atomic E-state index is 3.96. The fourth-order valence-corrected chi connectivity index (χ4v) is 5.40. The van der Waals surface area contributed by atoms with Gasteiger partial charge in [-0.2, -0.15) is 0 Å². The minimum absolute atomic E-state index is 0.421. The Labute approximate surface area is 142 Å². The molecule has 0 aromatic heterocycles. The number of nitrogens with zero attached hydrogens (tertiary/aromatic N) is 1. The van der Waals surface area contributed by atoms with Crippen molar-refractivity contribution in [2.45, 2.75) is 70.8 Å². The molecule has 1 saturated heterocycles. The molecule has 23 heavy (non-hydrogen) atoms. The van der Waals surface area contributed by atoms with E-state index in [2.05, 4.69) is 56.5 Å². The molecule has 0 spiro atoms. The molecule has 0 radical (unpaired) electrons. The summed E-state index contributed by atoms with van der Waals surface area (Å²) < 4.78 is 0. The number of aryl methyl sites for hydroxylation is 2. The van der Waals surface area contributed by atoms with Gasteiger partial charge in [-0.25, -0.2) is 0 Å². The number of hydrogen-bond acceptors (Lipinski definition) is 1. The normalized spacial score (nSPS) is 31.6. The van der Waals surface area contributed by atoms with Gasteiger partial charge in [-0.15, -0.1) is 6.58 Å². The molecule has 1 heteroatoms. The molecule has 0 N–H and O–H groups in total. The lowest BCUT2D eigenvalue weighted by Crippen LogP contribution is -2.56. The van der Waals surface area contributed by atoms with Gasteiger partial charge >= 0.3 is 0 Å². The lowest BCUT2D eigenvalue weighted by molar-refractivity contribution is 0.0143. The van der Waals surface area contributed by atoms with Gasteiger partial charge in [0.15, 0.2) is 0 Å². The van der Waals surface area contributed by atoms with E-state index >= 15 is 0 Å². The Balaban J connectivity index is 2.02. The molecule has 0 bridgehead atoms. The summed E-state index contributed by atoms with van der Waals surface area (Å²) in [6.45, 7) is 13.3. The predicted molar refractivity (Wildman–Crippen MR) is 100 cm³/mol. The second-order valence-electron chi connectivity index (χ2n) is 7.79. The van der Waals surface area contributed by atoms with Crippen LogP contribution in [0.3, 0.4) is 0 Å². The number of likely N-dealkylation sites (tertiary alicyclic amines) is 1. The molecule has 1 aromatic rings. The zero-order valence-corrected chi connectivity index (χ0v) is 15.3. The van der Waals surface area contributed by atoms with Crippen molar-refractivity contribution in [2.75, 3.05) is 13.1 Å². The first-order valence-electron chi connectivity index (χ1n) is 9.57. The summed E-state index contributed by atoms with van der Waals surface area (Å²) in [6, 6.07) is 7.91. The molecule has 1 saturated carbocycles. The first-order valence-corrected chi connectivity index (χ1v) is 9.57. The summed E-state index contributed by atoms with van der Waals surface area (Å²) in [5, 5.41) is 0. The van der Waals surface area contributed by atoms with Crippen molar-refractivity contribution in [3.63, 3.8) is 0 Å². The average molecular weight is 312 g/mol. The van der Waals surface area contributed by atoms with Crippen LogP contribution in [0.5, 0.6) is 0 Å². The Morgan fingerprint density at radius 2 is 2.13 bits per heavy atom. The molecule has 3 rings (SSSR count). The minimum Gasteiger partial charge on any atom is -0.297 e. The highest BCUT2D eigenvalue weighted by atomic mass is 15.2. The third-order valence-electron chi connectivity index (χ3n) is 6.71. The summed E-state index contributed by atoms with van der Waals surface area (Å²) in [6.07, 6.45) is 10.1. The number of piperidine rings is 1. The molecule has 2 fully saturated rings. The van der Waals surface area contributed by atoms with Crippen molar-refractivity contribution in [1.82, 2.24) is 4.90 Å². The van der Waals surface area contributed by atoms with Crippen LogP contribution >= 0.6 is 0 Å². The van der Waals surface area contributed by atoms with Crippen LogP contribution < -0.4 is 0 Å². The molecule has 2 aliphatic rings. The molecular weight excluding hydrogens is 278 g/mol. The van der Waals surface area contributed by atoms with Gasteiger partial charge in [0, 0.05) is 18.0 Å². The van der Waals surface area contributed by atoms with E-state index in [1.165, 1.54) is 49.8 Å². The van der Waals surface area contributed by atoms with E-state index in [1.807, 2.05) is 0 Å². The molecule has 3 unspecified atom stereocenters. The van der Waals surface area contributed by atoms with Crippen molar-refractivity contribution in [2.24, 2.45) is 5.92 Å². The van der Waals surface area contributed by atoms with Crippen LogP contribution in [0.2, 0.25) is 0 Å². The summed E-state index contributed by atoms with van der Waals surface area (Å²) in [7, 11) is 0. The smallest absolute Gasteiger partial charge is 0.0163 e. The molecule has 3 atom stereocenters. The maximum atomic E-state index is 3.96. The zero-order chi connectivity index (χ0) is 16.4. The van der Waals surface area contributed by atoms with Gasteiger partial charge in [0.2, 0.25) is 0 Å². The van der Waals surface area contributed by atoms with E-state index in [9.17, 15) is 0 Å². The monoisotopic (exact) mass is 311 g/mol. The van der Waals surface area contributed by atoms with Crippen molar-refractivity contribution in [1.29, 1.82) is 0 Å². The van der Waals surface area contributed by atoms with Crippen LogP contribution in [-0.4, -0.2) is 24.0 Å².